The van der Waals surface area contributed by atoms with Crippen molar-refractivity contribution < 1.29 is 0 Å². The van der Waals surface area contributed by atoms with Gasteiger partial charge in [-0.15, -0.1) is 0 Å². The molecule has 0 saturated carbocycles. The molecule has 112 valence electrons. The number of hydrogen-bond donors (Lipinski definition) is 1. The average molecular weight is 304 g/mol. The fraction of sp³-hybridized carbons (Fsp3) is 0.467. The predicted molar refractivity (Wildman–Crippen MR) is 84.9 cm³/mol. The van der Waals surface area contributed by atoms with Crippen LogP contribution in [-0.2, 0) is 13.0 Å². The molecule has 5 nitrogen and oxygen atoms in total. The molecule has 0 aromatic carbocycles. The van der Waals surface area contributed by atoms with Crippen LogP contribution in [0.2, 0.25) is 0 Å². The fourth-order valence-electron chi connectivity index (χ4n) is 2.20. The summed E-state index contributed by atoms with van der Waals surface area (Å²) in [6.45, 7) is 3.03. The van der Waals surface area contributed by atoms with Crippen LogP contribution in [0, 0.1) is 4.77 Å². The first-order chi connectivity index (χ1) is 10.2. The quantitative estimate of drug-likeness (QED) is 0.631. The zero-order valence-corrected chi connectivity index (χ0v) is 13.0. The maximum atomic E-state index is 12.0. The number of rotatable bonds is 7. The number of aromatic amines is 1. The van der Waals surface area contributed by atoms with Gasteiger partial charge in [0.15, 0.2) is 4.77 Å². The predicted octanol–water partition coefficient (Wildman–Crippen LogP) is 2.87. The van der Waals surface area contributed by atoms with Gasteiger partial charge in [0.05, 0.1) is 0 Å². The summed E-state index contributed by atoms with van der Waals surface area (Å²) in [5.74, 6) is 0. The molecule has 0 aliphatic rings. The zero-order chi connectivity index (χ0) is 15.1. The zero-order valence-electron chi connectivity index (χ0n) is 12.2. The van der Waals surface area contributed by atoms with Crippen molar-refractivity contribution in [1.82, 2.24) is 19.5 Å². The molecule has 0 saturated heterocycles. The first-order valence-corrected chi connectivity index (χ1v) is 7.68. The van der Waals surface area contributed by atoms with Gasteiger partial charge in [0.2, 0.25) is 0 Å². The van der Waals surface area contributed by atoms with Crippen LogP contribution in [0.5, 0.6) is 0 Å². The fourth-order valence-corrected chi connectivity index (χ4v) is 2.43. The molecule has 0 aliphatic heterocycles. The van der Waals surface area contributed by atoms with Crippen LogP contribution in [0.4, 0.5) is 0 Å². The highest BCUT2D eigenvalue weighted by Crippen LogP contribution is 2.05. The maximum absolute atomic E-state index is 12.0. The molecule has 0 spiro atoms. The van der Waals surface area contributed by atoms with Crippen LogP contribution in [0.3, 0.4) is 0 Å². The van der Waals surface area contributed by atoms with Gasteiger partial charge in [-0.3, -0.25) is 9.78 Å². The molecule has 1 N–H and O–H groups in total. The number of H-pyrrole nitrogens is 1. The Labute approximate surface area is 129 Å². The molecule has 0 radical (unpaired) electrons. The third kappa shape index (κ3) is 4.60. The van der Waals surface area contributed by atoms with E-state index in [4.69, 9.17) is 12.2 Å². The smallest absolute Gasteiger partial charge is 0.255 e. The summed E-state index contributed by atoms with van der Waals surface area (Å²) in [5, 5.41) is 0. The first-order valence-electron chi connectivity index (χ1n) is 7.27. The summed E-state index contributed by atoms with van der Waals surface area (Å²) in [6.07, 6.45) is 12.0. The van der Waals surface area contributed by atoms with Crippen molar-refractivity contribution in [3.05, 3.63) is 51.2 Å². The normalized spacial score (nSPS) is 10.7. The van der Waals surface area contributed by atoms with Gasteiger partial charge in [0.25, 0.3) is 5.56 Å². The van der Waals surface area contributed by atoms with Crippen molar-refractivity contribution in [2.24, 2.45) is 0 Å². The number of nitrogens with one attached hydrogen (secondary N) is 1. The molecule has 0 aliphatic carbocycles. The van der Waals surface area contributed by atoms with Crippen LogP contribution >= 0.6 is 12.2 Å². The summed E-state index contributed by atoms with van der Waals surface area (Å²) in [6, 6.07) is 0. The van der Waals surface area contributed by atoms with Crippen LogP contribution < -0.4 is 5.56 Å². The largest absolute Gasteiger partial charge is 0.325 e. The van der Waals surface area contributed by atoms with Crippen molar-refractivity contribution in [2.75, 3.05) is 0 Å². The first kappa shape index (κ1) is 15.6. The number of aryl methyl sites for hydroxylation is 1. The van der Waals surface area contributed by atoms with Gasteiger partial charge in [0.1, 0.15) is 6.33 Å². The Hall–Kier alpha value is -1.82. The second-order valence-electron chi connectivity index (χ2n) is 5.09. The SMILES string of the molecule is CCCCCCn1cc(Cc2cncnc2)c(=O)[nH]c1=S. The monoisotopic (exact) mass is 304 g/mol. The van der Waals surface area contributed by atoms with E-state index in [0.29, 0.717) is 16.8 Å². The highest BCUT2D eigenvalue weighted by Gasteiger charge is 2.05. The number of unbranched alkanes of at least 4 members (excludes halogenated alkanes) is 3. The Morgan fingerprint density at radius 2 is 2.00 bits per heavy atom. The standard InChI is InChI=1S/C15H20N4OS/c1-2-3-4-5-6-19-10-13(14(20)18-15(19)21)7-12-8-16-11-17-9-12/h8-11H,2-7H2,1H3,(H,18,20,21). The van der Waals surface area contributed by atoms with E-state index in [1.807, 2.05) is 10.8 Å². The van der Waals surface area contributed by atoms with Crippen LogP contribution in [-0.4, -0.2) is 19.5 Å². The second-order valence-corrected chi connectivity index (χ2v) is 5.48. The molecule has 0 unspecified atom stereocenters. The van der Waals surface area contributed by atoms with E-state index in [1.54, 1.807) is 12.4 Å². The summed E-state index contributed by atoms with van der Waals surface area (Å²) >= 11 is 5.22. The van der Waals surface area contributed by atoms with Crippen molar-refractivity contribution in [3.8, 4) is 0 Å². The van der Waals surface area contributed by atoms with Gasteiger partial charge < -0.3 is 4.57 Å². The minimum Gasteiger partial charge on any atom is -0.325 e. The molecule has 2 heterocycles. The average Bonchev–Trinajstić information content (AvgIpc) is 2.49. The highest BCUT2D eigenvalue weighted by molar-refractivity contribution is 7.71. The summed E-state index contributed by atoms with van der Waals surface area (Å²) < 4.78 is 2.44. The van der Waals surface area contributed by atoms with E-state index < -0.39 is 0 Å². The Morgan fingerprint density at radius 3 is 2.71 bits per heavy atom. The summed E-state index contributed by atoms with van der Waals surface area (Å²) in [5.41, 5.74) is 1.47. The van der Waals surface area contributed by atoms with E-state index in [9.17, 15) is 4.79 Å². The van der Waals surface area contributed by atoms with Crippen molar-refractivity contribution in [2.45, 2.75) is 45.6 Å². The minimum absolute atomic E-state index is 0.131. The van der Waals surface area contributed by atoms with Gasteiger partial charge in [-0.2, -0.15) is 0 Å². The summed E-state index contributed by atoms with van der Waals surface area (Å²) in [7, 11) is 0. The van der Waals surface area contributed by atoms with E-state index in [-0.39, 0.29) is 5.56 Å². The Bertz CT molecular complexity index is 678. The van der Waals surface area contributed by atoms with E-state index in [2.05, 4.69) is 21.9 Å². The molecular formula is C15H20N4OS. The number of hydrogen-bond acceptors (Lipinski definition) is 4. The molecular weight excluding hydrogens is 284 g/mol. The van der Waals surface area contributed by atoms with Gasteiger partial charge in [-0.1, -0.05) is 26.2 Å². The minimum atomic E-state index is -0.131. The lowest BCUT2D eigenvalue weighted by Gasteiger charge is -2.09. The third-order valence-electron chi connectivity index (χ3n) is 3.35. The van der Waals surface area contributed by atoms with Gasteiger partial charge >= 0.3 is 0 Å². The van der Waals surface area contributed by atoms with Gasteiger partial charge in [0, 0.05) is 37.1 Å². The Balaban J connectivity index is 2.14. The van der Waals surface area contributed by atoms with Gasteiger partial charge in [-0.25, -0.2) is 9.97 Å². The third-order valence-corrected chi connectivity index (χ3v) is 3.68. The molecule has 0 amide bonds. The lowest BCUT2D eigenvalue weighted by atomic mass is 10.1. The Kier molecular flexibility index (Phi) is 5.80. The molecule has 21 heavy (non-hydrogen) atoms. The van der Waals surface area contributed by atoms with Crippen LogP contribution in [0.1, 0.15) is 43.7 Å². The lowest BCUT2D eigenvalue weighted by Crippen LogP contribution is -2.18. The van der Waals surface area contributed by atoms with Crippen LogP contribution in [0.25, 0.3) is 0 Å². The molecule has 2 aromatic heterocycles. The van der Waals surface area contributed by atoms with E-state index in [1.165, 1.54) is 25.6 Å². The molecule has 0 fully saturated rings. The summed E-state index contributed by atoms with van der Waals surface area (Å²) in [4.78, 5) is 22.7. The van der Waals surface area contributed by atoms with Crippen molar-refractivity contribution in [1.29, 1.82) is 0 Å². The maximum Gasteiger partial charge on any atom is 0.255 e. The van der Waals surface area contributed by atoms with E-state index >= 15 is 0 Å². The topological polar surface area (TPSA) is 63.6 Å². The van der Waals surface area contributed by atoms with Gasteiger partial charge in [-0.05, 0) is 24.2 Å². The molecule has 2 rings (SSSR count). The lowest BCUT2D eigenvalue weighted by molar-refractivity contribution is 0.566. The number of nitrogens with zero attached hydrogens (tertiary/aromatic N) is 3. The van der Waals surface area contributed by atoms with Crippen LogP contribution in [0.15, 0.2) is 29.7 Å². The second kappa shape index (κ2) is 7.83. The molecule has 2 aromatic rings. The number of aromatic nitrogens is 4. The Morgan fingerprint density at radius 1 is 1.24 bits per heavy atom. The molecule has 0 atom stereocenters. The van der Waals surface area contributed by atoms with E-state index in [0.717, 1.165) is 18.5 Å². The molecule has 6 heteroatoms. The highest BCUT2D eigenvalue weighted by atomic mass is 32.1. The molecule has 0 bridgehead atoms. The van der Waals surface area contributed by atoms with Crippen molar-refractivity contribution in [3.63, 3.8) is 0 Å². The van der Waals surface area contributed by atoms with Crippen molar-refractivity contribution >= 4 is 12.2 Å².